The molecular weight excluding hydrogens is 258 g/mol. The van der Waals surface area contributed by atoms with Gasteiger partial charge in [0.05, 0.1) is 0 Å². The summed E-state index contributed by atoms with van der Waals surface area (Å²) in [6.45, 7) is 16.2. The summed E-state index contributed by atoms with van der Waals surface area (Å²) in [4.78, 5) is 0. The van der Waals surface area contributed by atoms with Crippen LogP contribution in [0.2, 0.25) is 0 Å². The van der Waals surface area contributed by atoms with Gasteiger partial charge < -0.3 is 16.0 Å². The molecule has 0 heterocycles. The molecule has 0 fully saturated rings. The third-order valence-electron chi connectivity index (χ3n) is 4.87. The Morgan fingerprint density at radius 2 is 1.52 bits per heavy atom. The lowest BCUT2D eigenvalue weighted by molar-refractivity contribution is 0.351. The predicted molar refractivity (Wildman–Crippen MR) is 95.9 cm³/mol. The molecule has 0 spiro atoms. The standard InChI is InChI=1S/C18H41N3/c1-7-18(8-2)14-20-11-10-16(4)17(5)21-12-9-15(3)13-19-6/h15-21H,7-14H2,1-6H3. The summed E-state index contributed by atoms with van der Waals surface area (Å²) in [5, 5.41) is 10.6. The number of rotatable bonds is 14. The highest BCUT2D eigenvalue weighted by molar-refractivity contribution is 4.71. The van der Waals surface area contributed by atoms with Gasteiger partial charge in [-0.05, 0) is 70.7 Å². The predicted octanol–water partition coefficient (Wildman–Crippen LogP) is 3.26. The Labute approximate surface area is 134 Å². The minimum Gasteiger partial charge on any atom is -0.319 e. The fourth-order valence-electron chi connectivity index (χ4n) is 2.67. The van der Waals surface area contributed by atoms with Crippen molar-refractivity contribution in [1.82, 2.24) is 16.0 Å². The Hall–Kier alpha value is -0.120. The second-order valence-corrected chi connectivity index (χ2v) is 6.85. The molecule has 0 aliphatic rings. The van der Waals surface area contributed by atoms with Crippen LogP contribution in [0, 0.1) is 17.8 Å². The van der Waals surface area contributed by atoms with Crippen LogP contribution in [-0.2, 0) is 0 Å². The molecule has 21 heavy (non-hydrogen) atoms. The molecule has 0 aromatic rings. The van der Waals surface area contributed by atoms with Crippen molar-refractivity contribution in [3.63, 3.8) is 0 Å². The Bertz CT molecular complexity index is 217. The fourth-order valence-corrected chi connectivity index (χ4v) is 2.67. The van der Waals surface area contributed by atoms with Crippen LogP contribution < -0.4 is 16.0 Å². The summed E-state index contributed by atoms with van der Waals surface area (Å²) in [5.74, 6) is 2.34. The van der Waals surface area contributed by atoms with Gasteiger partial charge in [-0.15, -0.1) is 0 Å². The van der Waals surface area contributed by atoms with Crippen molar-refractivity contribution in [2.24, 2.45) is 17.8 Å². The lowest BCUT2D eigenvalue weighted by atomic mass is 9.98. The minimum absolute atomic E-state index is 0.613. The van der Waals surface area contributed by atoms with Gasteiger partial charge in [0.25, 0.3) is 0 Å². The monoisotopic (exact) mass is 299 g/mol. The summed E-state index contributed by atoms with van der Waals surface area (Å²) >= 11 is 0. The Morgan fingerprint density at radius 3 is 2.10 bits per heavy atom. The first-order valence-corrected chi connectivity index (χ1v) is 9.13. The summed E-state index contributed by atoms with van der Waals surface area (Å²) in [6.07, 6.45) is 5.11. The zero-order chi connectivity index (χ0) is 16.1. The first-order chi connectivity index (χ1) is 10.0. The highest BCUT2D eigenvalue weighted by Gasteiger charge is 2.12. The van der Waals surface area contributed by atoms with Crippen molar-refractivity contribution in [2.45, 2.75) is 66.3 Å². The maximum Gasteiger partial charge on any atom is 0.00648 e. The van der Waals surface area contributed by atoms with E-state index in [1.54, 1.807) is 0 Å². The maximum atomic E-state index is 3.69. The van der Waals surface area contributed by atoms with Crippen molar-refractivity contribution in [3.05, 3.63) is 0 Å². The van der Waals surface area contributed by atoms with E-state index in [1.165, 1.54) is 32.2 Å². The van der Waals surface area contributed by atoms with E-state index >= 15 is 0 Å². The van der Waals surface area contributed by atoms with Gasteiger partial charge in [-0.25, -0.2) is 0 Å². The molecule has 0 aliphatic heterocycles. The first kappa shape index (κ1) is 20.9. The molecule has 3 N–H and O–H groups in total. The second-order valence-electron chi connectivity index (χ2n) is 6.85. The van der Waals surface area contributed by atoms with Crippen molar-refractivity contribution in [3.8, 4) is 0 Å². The smallest absolute Gasteiger partial charge is 0.00648 e. The zero-order valence-corrected chi connectivity index (χ0v) is 15.5. The molecule has 0 saturated carbocycles. The zero-order valence-electron chi connectivity index (χ0n) is 15.5. The van der Waals surface area contributed by atoms with Crippen molar-refractivity contribution in [1.29, 1.82) is 0 Å². The van der Waals surface area contributed by atoms with Gasteiger partial charge in [0, 0.05) is 6.04 Å². The van der Waals surface area contributed by atoms with E-state index in [9.17, 15) is 0 Å². The summed E-state index contributed by atoms with van der Waals surface area (Å²) in [5.41, 5.74) is 0. The molecule has 3 unspecified atom stereocenters. The molecule has 0 rings (SSSR count). The molecule has 0 aliphatic carbocycles. The first-order valence-electron chi connectivity index (χ1n) is 9.13. The number of hydrogen-bond donors (Lipinski definition) is 3. The molecule has 0 amide bonds. The third-order valence-corrected chi connectivity index (χ3v) is 4.87. The lowest BCUT2D eigenvalue weighted by Crippen LogP contribution is -2.36. The number of nitrogens with one attached hydrogen (secondary N) is 3. The van der Waals surface area contributed by atoms with Crippen LogP contribution in [0.25, 0.3) is 0 Å². The molecule has 128 valence electrons. The third kappa shape index (κ3) is 11.1. The maximum absolute atomic E-state index is 3.69. The number of hydrogen-bond acceptors (Lipinski definition) is 3. The largest absolute Gasteiger partial charge is 0.319 e. The van der Waals surface area contributed by atoms with Crippen LogP contribution >= 0.6 is 0 Å². The quantitative estimate of drug-likeness (QED) is 0.431. The topological polar surface area (TPSA) is 36.1 Å². The van der Waals surface area contributed by atoms with Crippen LogP contribution in [0.4, 0.5) is 0 Å². The minimum atomic E-state index is 0.613. The molecular formula is C18H41N3. The molecule has 0 aromatic heterocycles. The fraction of sp³-hybridized carbons (Fsp3) is 1.00. The Morgan fingerprint density at radius 1 is 0.857 bits per heavy atom. The average molecular weight is 300 g/mol. The van der Waals surface area contributed by atoms with Crippen LogP contribution in [0.3, 0.4) is 0 Å². The van der Waals surface area contributed by atoms with E-state index in [0.29, 0.717) is 6.04 Å². The SMILES string of the molecule is CCC(CC)CNCCC(C)C(C)NCCC(C)CNC. The normalized spacial score (nSPS) is 16.1. The average Bonchev–Trinajstić information content (AvgIpc) is 2.47. The molecule has 0 radical (unpaired) electrons. The van der Waals surface area contributed by atoms with Gasteiger partial charge >= 0.3 is 0 Å². The van der Waals surface area contributed by atoms with Gasteiger partial charge in [0.1, 0.15) is 0 Å². The molecule has 0 saturated heterocycles. The molecule has 3 nitrogen and oxygen atoms in total. The van der Waals surface area contributed by atoms with Crippen LogP contribution in [0.15, 0.2) is 0 Å². The molecule has 0 aromatic carbocycles. The van der Waals surface area contributed by atoms with Gasteiger partial charge in [-0.2, -0.15) is 0 Å². The summed E-state index contributed by atoms with van der Waals surface area (Å²) in [7, 11) is 2.03. The van der Waals surface area contributed by atoms with Gasteiger partial charge in [-0.1, -0.05) is 40.5 Å². The Kier molecular flexibility index (Phi) is 13.5. The van der Waals surface area contributed by atoms with Gasteiger partial charge in [-0.3, -0.25) is 0 Å². The van der Waals surface area contributed by atoms with E-state index in [0.717, 1.165) is 37.4 Å². The second kappa shape index (κ2) is 13.5. The van der Waals surface area contributed by atoms with Crippen molar-refractivity contribution < 1.29 is 0 Å². The summed E-state index contributed by atoms with van der Waals surface area (Å²) < 4.78 is 0. The van der Waals surface area contributed by atoms with Crippen LogP contribution in [0.5, 0.6) is 0 Å². The van der Waals surface area contributed by atoms with Crippen LogP contribution in [-0.4, -0.2) is 39.3 Å². The van der Waals surface area contributed by atoms with E-state index in [1.807, 2.05) is 7.05 Å². The van der Waals surface area contributed by atoms with Crippen molar-refractivity contribution in [2.75, 3.05) is 33.2 Å². The van der Waals surface area contributed by atoms with Gasteiger partial charge in [0.2, 0.25) is 0 Å². The molecule has 0 bridgehead atoms. The molecule has 3 atom stereocenters. The van der Waals surface area contributed by atoms with E-state index in [4.69, 9.17) is 0 Å². The highest BCUT2D eigenvalue weighted by Crippen LogP contribution is 2.09. The van der Waals surface area contributed by atoms with Crippen LogP contribution in [0.1, 0.15) is 60.3 Å². The van der Waals surface area contributed by atoms with E-state index in [2.05, 4.69) is 50.6 Å². The highest BCUT2D eigenvalue weighted by atomic mass is 14.9. The van der Waals surface area contributed by atoms with Gasteiger partial charge in [0.15, 0.2) is 0 Å². The molecule has 3 heteroatoms. The van der Waals surface area contributed by atoms with E-state index < -0.39 is 0 Å². The Balaban J connectivity index is 3.63. The lowest BCUT2D eigenvalue weighted by Gasteiger charge is -2.23. The van der Waals surface area contributed by atoms with Crippen molar-refractivity contribution >= 4 is 0 Å². The summed E-state index contributed by atoms with van der Waals surface area (Å²) in [6, 6.07) is 0.613. The van der Waals surface area contributed by atoms with E-state index in [-0.39, 0.29) is 0 Å².